The molecule has 0 aliphatic heterocycles. The first-order chi connectivity index (χ1) is 10.6. The van der Waals surface area contributed by atoms with Crippen molar-refractivity contribution in [3.05, 3.63) is 58.6 Å². The number of nitrogens with one attached hydrogen (secondary N) is 1. The van der Waals surface area contributed by atoms with Gasteiger partial charge in [0.1, 0.15) is 5.75 Å². The maximum atomic E-state index is 12.1. The second-order valence-corrected chi connectivity index (χ2v) is 7.11. The molecule has 1 N–H and O–H groups in total. The van der Waals surface area contributed by atoms with E-state index in [1.807, 2.05) is 55.5 Å². The molecule has 1 atom stereocenters. The van der Waals surface area contributed by atoms with Gasteiger partial charge >= 0.3 is 0 Å². The number of hydrogen-bond acceptors (Lipinski definition) is 3. The lowest BCUT2D eigenvalue weighted by Crippen LogP contribution is -2.30. The summed E-state index contributed by atoms with van der Waals surface area (Å²) >= 11 is 4.95. The van der Waals surface area contributed by atoms with Gasteiger partial charge < -0.3 is 10.1 Å². The van der Waals surface area contributed by atoms with Crippen LogP contribution in [-0.4, -0.2) is 18.3 Å². The Balaban J connectivity index is 1.84. The van der Waals surface area contributed by atoms with Crippen LogP contribution in [0.2, 0.25) is 0 Å². The molecule has 5 heteroatoms. The van der Waals surface area contributed by atoms with Crippen LogP contribution in [0.25, 0.3) is 0 Å². The van der Waals surface area contributed by atoms with E-state index < -0.39 is 0 Å². The monoisotopic (exact) mass is 379 g/mol. The lowest BCUT2D eigenvalue weighted by molar-refractivity contribution is -0.120. The van der Waals surface area contributed by atoms with Crippen molar-refractivity contribution >= 4 is 33.6 Å². The summed E-state index contributed by atoms with van der Waals surface area (Å²) in [5.74, 6) is 0.845. The molecular formula is C17H18BrNO2S. The van der Waals surface area contributed by atoms with E-state index in [2.05, 4.69) is 21.2 Å². The zero-order valence-electron chi connectivity index (χ0n) is 12.5. The minimum absolute atomic E-state index is 0.0312. The van der Waals surface area contributed by atoms with Crippen molar-refractivity contribution in [2.45, 2.75) is 23.6 Å². The molecule has 0 radical (unpaired) electrons. The SMILES string of the molecule is COc1ccc(CNC(=O)C(C)Sc2ccc(Br)cc2)cc1. The summed E-state index contributed by atoms with van der Waals surface area (Å²) in [5, 5.41) is 2.82. The molecule has 2 rings (SSSR count). The van der Waals surface area contributed by atoms with Gasteiger partial charge in [-0.25, -0.2) is 0 Å². The van der Waals surface area contributed by atoms with Crippen molar-refractivity contribution in [1.29, 1.82) is 0 Å². The first-order valence-electron chi connectivity index (χ1n) is 6.91. The Kier molecular flexibility index (Phi) is 6.34. The number of thioether (sulfide) groups is 1. The summed E-state index contributed by atoms with van der Waals surface area (Å²) < 4.78 is 6.15. The third-order valence-corrected chi connectivity index (χ3v) is 4.76. The van der Waals surface area contributed by atoms with Crippen LogP contribution >= 0.6 is 27.7 Å². The molecule has 1 unspecified atom stereocenters. The first-order valence-corrected chi connectivity index (χ1v) is 8.58. The molecule has 0 heterocycles. The smallest absolute Gasteiger partial charge is 0.233 e. The number of carbonyl (C=O) groups is 1. The Bertz CT molecular complexity index is 614. The number of benzene rings is 2. The molecule has 0 spiro atoms. The second kappa shape index (κ2) is 8.25. The summed E-state index contributed by atoms with van der Waals surface area (Å²) in [7, 11) is 1.64. The van der Waals surface area contributed by atoms with E-state index in [1.165, 1.54) is 0 Å². The molecule has 0 fully saturated rings. The van der Waals surface area contributed by atoms with Crippen molar-refractivity contribution < 1.29 is 9.53 Å². The molecule has 2 aromatic rings. The number of halogens is 1. The Morgan fingerprint density at radius 1 is 1.18 bits per heavy atom. The first kappa shape index (κ1) is 16.9. The maximum absolute atomic E-state index is 12.1. The number of carbonyl (C=O) groups excluding carboxylic acids is 1. The lowest BCUT2D eigenvalue weighted by Gasteiger charge is -2.12. The highest BCUT2D eigenvalue weighted by molar-refractivity contribution is 9.10. The van der Waals surface area contributed by atoms with Crippen LogP contribution in [0.15, 0.2) is 57.9 Å². The zero-order chi connectivity index (χ0) is 15.9. The number of rotatable bonds is 6. The van der Waals surface area contributed by atoms with Crippen LogP contribution in [-0.2, 0) is 11.3 Å². The van der Waals surface area contributed by atoms with Gasteiger partial charge in [0, 0.05) is 15.9 Å². The second-order valence-electron chi connectivity index (χ2n) is 4.78. The van der Waals surface area contributed by atoms with Crippen molar-refractivity contribution in [2.24, 2.45) is 0 Å². The van der Waals surface area contributed by atoms with Gasteiger partial charge in [-0.3, -0.25) is 4.79 Å². The molecule has 0 aliphatic rings. The predicted octanol–water partition coefficient (Wildman–Crippen LogP) is 4.25. The van der Waals surface area contributed by atoms with E-state index in [1.54, 1.807) is 18.9 Å². The molecule has 3 nitrogen and oxygen atoms in total. The van der Waals surface area contributed by atoms with E-state index >= 15 is 0 Å². The molecule has 0 saturated heterocycles. The van der Waals surface area contributed by atoms with Gasteiger partial charge in [0.05, 0.1) is 12.4 Å². The summed E-state index contributed by atoms with van der Waals surface area (Å²) in [6.07, 6.45) is 0. The molecule has 0 aliphatic carbocycles. The summed E-state index contributed by atoms with van der Waals surface area (Å²) in [4.78, 5) is 13.2. The fourth-order valence-corrected chi connectivity index (χ4v) is 3.00. The highest BCUT2D eigenvalue weighted by atomic mass is 79.9. The Morgan fingerprint density at radius 3 is 2.41 bits per heavy atom. The van der Waals surface area contributed by atoms with Crippen LogP contribution in [0.1, 0.15) is 12.5 Å². The fraction of sp³-hybridized carbons (Fsp3) is 0.235. The highest BCUT2D eigenvalue weighted by Gasteiger charge is 2.13. The molecule has 0 saturated carbocycles. The van der Waals surface area contributed by atoms with Crippen molar-refractivity contribution in [2.75, 3.05) is 7.11 Å². The van der Waals surface area contributed by atoms with Crippen LogP contribution in [0.3, 0.4) is 0 Å². The van der Waals surface area contributed by atoms with E-state index in [9.17, 15) is 4.79 Å². The molecule has 2 aromatic carbocycles. The third-order valence-electron chi connectivity index (χ3n) is 3.12. The minimum atomic E-state index is -0.139. The normalized spacial score (nSPS) is 11.8. The van der Waals surface area contributed by atoms with Crippen molar-refractivity contribution in [3.63, 3.8) is 0 Å². The molecule has 0 aromatic heterocycles. The van der Waals surface area contributed by atoms with Gasteiger partial charge in [-0.05, 0) is 48.9 Å². The van der Waals surface area contributed by atoms with E-state index in [4.69, 9.17) is 4.74 Å². The van der Waals surface area contributed by atoms with E-state index in [0.29, 0.717) is 6.54 Å². The molecule has 22 heavy (non-hydrogen) atoms. The molecular weight excluding hydrogens is 362 g/mol. The Hall–Kier alpha value is -1.46. The molecule has 0 bridgehead atoms. The van der Waals surface area contributed by atoms with Gasteiger partial charge in [-0.2, -0.15) is 0 Å². The van der Waals surface area contributed by atoms with Crippen LogP contribution in [0, 0.1) is 0 Å². The summed E-state index contributed by atoms with van der Waals surface area (Å²) in [5.41, 5.74) is 1.05. The molecule has 1 amide bonds. The zero-order valence-corrected chi connectivity index (χ0v) is 14.9. The average Bonchev–Trinajstić information content (AvgIpc) is 2.55. The summed E-state index contributed by atoms with van der Waals surface area (Å²) in [6.45, 7) is 2.43. The third kappa shape index (κ3) is 5.07. The highest BCUT2D eigenvalue weighted by Crippen LogP contribution is 2.25. The minimum Gasteiger partial charge on any atom is -0.497 e. The molecule has 116 valence electrons. The Morgan fingerprint density at radius 2 is 1.82 bits per heavy atom. The number of hydrogen-bond donors (Lipinski definition) is 1. The topological polar surface area (TPSA) is 38.3 Å². The number of methoxy groups -OCH3 is 1. The summed E-state index contributed by atoms with van der Waals surface area (Å²) in [6, 6.07) is 15.6. The maximum Gasteiger partial charge on any atom is 0.233 e. The largest absolute Gasteiger partial charge is 0.497 e. The fourth-order valence-electron chi connectivity index (χ4n) is 1.85. The quantitative estimate of drug-likeness (QED) is 0.762. The van der Waals surface area contributed by atoms with Gasteiger partial charge in [0.25, 0.3) is 0 Å². The standard InChI is InChI=1S/C17H18BrNO2S/c1-12(22-16-9-5-14(18)6-10-16)17(20)19-11-13-3-7-15(21-2)8-4-13/h3-10,12H,11H2,1-2H3,(H,19,20). The van der Waals surface area contributed by atoms with Crippen molar-refractivity contribution in [1.82, 2.24) is 5.32 Å². The average molecular weight is 380 g/mol. The van der Waals surface area contributed by atoms with E-state index in [-0.39, 0.29) is 11.2 Å². The van der Waals surface area contributed by atoms with Gasteiger partial charge in [0.2, 0.25) is 5.91 Å². The van der Waals surface area contributed by atoms with E-state index in [0.717, 1.165) is 20.7 Å². The van der Waals surface area contributed by atoms with Crippen LogP contribution in [0.5, 0.6) is 5.75 Å². The van der Waals surface area contributed by atoms with Crippen LogP contribution < -0.4 is 10.1 Å². The van der Waals surface area contributed by atoms with Crippen LogP contribution in [0.4, 0.5) is 0 Å². The number of ether oxygens (including phenoxy) is 1. The lowest BCUT2D eigenvalue weighted by atomic mass is 10.2. The van der Waals surface area contributed by atoms with Gasteiger partial charge in [-0.15, -0.1) is 11.8 Å². The number of amides is 1. The Labute approximate surface area is 143 Å². The van der Waals surface area contributed by atoms with Gasteiger partial charge in [0.15, 0.2) is 0 Å². The van der Waals surface area contributed by atoms with Crippen molar-refractivity contribution in [3.8, 4) is 5.75 Å². The predicted molar refractivity (Wildman–Crippen MR) is 94.3 cm³/mol. The van der Waals surface area contributed by atoms with Gasteiger partial charge in [-0.1, -0.05) is 28.1 Å².